The fraction of sp³-hybridized carbons (Fsp3) is 0.231. The van der Waals surface area contributed by atoms with Crippen molar-refractivity contribution in [1.82, 2.24) is 15.5 Å². The van der Waals surface area contributed by atoms with Crippen LogP contribution in [0.3, 0.4) is 0 Å². The maximum absolute atomic E-state index is 12.0. The molecular weight excluding hydrogens is 264 g/mol. The predicted octanol–water partition coefficient (Wildman–Crippen LogP) is 2.44. The molecule has 2 rings (SSSR count). The number of carbonyl (C=O) groups is 1. The molecule has 1 atom stereocenters. The monoisotopic (exact) mass is 278 g/mol. The number of hydrogen-bond acceptors (Lipinski definition) is 3. The van der Waals surface area contributed by atoms with Gasteiger partial charge in [0, 0.05) is 5.02 Å². The Balaban J connectivity index is 2.10. The number of nitrogen functional groups attached to an aromatic ring is 1. The molecule has 19 heavy (non-hydrogen) atoms. The van der Waals surface area contributed by atoms with Gasteiger partial charge in [0.15, 0.2) is 5.69 Å². The number of carbonyl (C=O) groups excluding carboxylic acids is 1. The van der Waals surface area contributed by atoms with Gasteiger partial charge in [-0.15, -0.1) is 0 Å². The van der Waals surface area contributed by atoms with E-state index in [2.05, 4.69) is 15.5 Å². The van der Waals surface area contributed by atoms with Gasteiger partial charge in [-0.3, -0.25) is 9.89 Å². The first kappa shape index (κ1) is 13.4. The summed E-state index contributed by atoms with van der Waals surface area (Å²) >= 11 is 5.82. The summed E-state index contributed by atoms with van der Waals surface area (Å²) in [6, 6.07) is 7.15. The molecule has 6 heteroatoms. The van der Waals surface area contributed by atoms with Crippen molar-refractivity contribution in [1.29, 1.82) is 0 Å². The van der Waals surface area contributed by atoms with E-state index in [0.717, 1.165) is 5.56 Å². The van der Waals surface area contributed by atoms with Crippen LogP contribution in [0.4, 0.5) is 5.69 Å². The Hall–Kier alpha value is -2.01. The molecule has 1 aromatic carbocycles. The lowest BCUT2D eigenvalue weighted by Gasteiger charge is -2.13. The van der Waals surface area contributed by atoms with Gasteiger partial charge in [-0.2, -0.15) is 5.10 Å². The standard InChI is InChI=1S/C13H15ClN4O/c1-7(9-3-5-10(14)6-4-9)16-13(19)12-11(15)8(2)17-18-12/h3-7H,15H2,1-2H3,(H,16,19)(H,17,18)/t7-/m0/s1. The van der Waals surface area contributed by atoms with Crippen molar-refractivity contribution in [3.8, 4) is 0 Å². The molecule has 0 fully saturated rings. The minimum atomic E-state index is -0.302. The number of amides is 1. The van der Waals surface area contributed by atoms with Gasteiger partial charge in [-0.25, -0.2) is 0 Å². The number of aryl methyl sites for hydroxylation is 1. The molecule has 5 nitrogen and oxygen atoms in total. The van der Waals surface area contributed by atoms with Crippen molar-refractivity contribution < 1.29 is 4.79 Å². The lowest BCUT2D eigenvalue weighted by Crippen LogP contribution is -2.27. The molecule has 0 aliphatic rings. The zero-order valence-electron chi connectivity index (χ0n) is 10.7. The van der Waals surface area contributed by atoms with E-state index in [4.69, 9.17) is 17.3 Å². The maximum Gasteiger partial charge on any atom is 0.274 e. The van der Waals surface area contributed by atoms with Crippen molar-refractivity contribution in [3.63, 3.8) is 0 Å². The average Bonchev–Trinajstić information content (AvgIpc) is 2.70. The van der Waals surface area contributed by atoms with Gasteiger partial charge in [0.25, 0.3) is 5.91 Å². The van der Waals surface area contributed by atoms with E-state index in [1.807, 2.05) is 19.1 Å². The van der Waals surface area contributed by atoms with Crippen LogP contribution in [0.5, 0.6) is 0 Å². The average molecular weight is 279 g/mol. The van der Waals surface area contributed by atoms with Crippen LogP contribution in [0.25, 0.3) is 0 Å². The molecule has 1 amide bonds. The minimum absolute atomic E-state index is 0.152. The second-order valence-electron chi connectivity index (χ2n) is 4.36. The number of halogens is 1. The zero-order valence-corrected chi connectivity index (χ0v) is 11.5. The molecule has 0 aliphatic heterocycles. The van der Waals surface area contributed by atoms with Gasteiger partial charge in [-0.1, -0.05) is 23.7 Å². The molecule has 0 unspecified atom stereocenters. The SMILES string of the molecule is Cc1[nH]nc(C(=O)N[C@@H](C)c2ccc(Cl)cc2)c1N. The van der Waals surface area contributed by atoms with Crippen LogP contribution in [0.1, 0.15) is 34.7 Å². The van der Waals surface area contributed by atoms with Gasteiger partial charge >= 0.3 is 0 Å². The maximum atomic E-state index is 12.0. The van der Waals surface area contributed by atoms with Crippen molar-refractivity contribution in [2.45, 2.75) is 19.9 Å². The number of aromatic amines is 1. The van der Waals surface area contributed by atoms with E-state index in [1.165, 1.54) is 0 Å². The number of hydrogen-bond donors (Lipinski definition) is 3. The second-order valence-corrected chi connectivity index (χ2v) is 4.79. The van der Waals surface area contributed by atoms with E-state index in [-0.39, 0.29) is 17.6 Å². The van der Waals surface area contributed by atoms with Crippen LogP contribution in [-0.4, -0.2) is 16.1 Å². The van der Waals surface area contributed by atoms with Gasteiger partial charge < -0.3 is 11.1 Å². The molecule has 2 aromatic rings. The van der Waals surface area contributed by atoms with Crippen LogP contribution in [0, 0.1) is 6.92 Å². The quantitative estimate of drug-likeness (QED) is 0.806. The molecular formula is C13H15ClN4O. The van der Waals surface area contributed by atoms with Crippen LogP contribution in [-0.2, 0) is 0 Å². The molecule has 4 N–H and O–H groups in total. The molecule has 0 saturated carbocycles. The third kappa shape index (κ3) is 2.88. The summed E-state index contributed by atoms with van der Waals surface area (Å²) in [5.74, 6) is -0.302. The number of nitrogens with two attached hydrogens (primary N) is 1. The molecule has 0 radical (unpaired) electrons. The highest BCUT2D eigenvalue weighted by Gasteiger charge is 2.17. The molecule has 100 valence electrons. The van der Waals surface area contributed by atoms with Gasteiger partial charge in [-0.05, 0) is 31.5 Å². The summed E-state index contributed by atoms with van der Waals surface area (Å²) < 4.78 is 0. The third-order valence-corrected chi connectivity index (χ3v) is 3.18. The normalized spacial score (nSPS) is 12.2. The van der Waals surface area contributed by atoms with E-state index in [1.54, 1.807) is 19.1 Å². The Bertz CT molecular complexity index is 591. The number of nitrogens with zero attached hydrogens (tertiary/aromatic N) is 1. The lowest BCUT2D eigenvalue weighted by atomic mass is 10.1. The highest BCUT2D eigenvalue weighted by molar-refractivity contribution is 6.30. The smallest absolute Gasteiger partial charge is 0.274 e. The van der Waals surface area contributed by atoms with Crippen LogP contribution in [0.2, 0.25) is 5.02 Å². The summed E-state index contributed by atoms with van der Waals surface area (Å²) in [7, 11) is 0. The van der Waals surface area contributed by atoms with Crippen LogP contribution >= 0.6 is 11.6 Å². The molecule has 0 bridgehead atoms. The largest absolute Gasteiger partial charge is 0.395 e. The Morgan fingerprint density at radius 1 is 1.42 bits per heavy atom. The fourth-order valence-electron chi connectivity index (χ4n) is 1.71. The van der Waals surface area contributed by atoms with E-state index in [9.17, 15) is 4.79 Å². The van der Waals surface area contributed by atoms with E-state index >= 15 is 0 Å². The second kappa shape index (κ2) is 5.32. The van der Waals surface area contributed by atoms with Crippen LogP contribution in [0.15, 0.2) is 24.3 Å². The molecule has 0 saturated heterocycles. The number of benzene rings is 1. The predicted molar refractivity (Wildman–Crippen MR) is 75.1 cm³/mol. The van der Waals surface area contributed by atoms with E-state index < -0.39 is 0 Å². The first-order chi connectivity index (χ1) is 8.99. The summed E-state index contributed by atoms with van der Waals surface area (Å²) in [6.07, 6.45) is 0. The third-order valence-electron chi connectivity index (χ3n) is 2.93. The summed E-state index contributed by atoms with van der Waals surface area (Å²) in [5.41, 5.74) is 8.01. The Morgan fingerprint density at radius 2 is 2.05 bits per heavy atom. The van der Waals surface area contributed by atoms with Crippen molar-refractivity contribution in [2.24, 2.45) is 0 Å². The fourth-order valence-corrected chi connectivity index (χ4v) is 1.84. The first-order valence-corrected chi connectivity index (χ1v) is 6.23. The molecule has 1 heterocycles. The zero-order chi connectivity index (χ0) is 14.0. The molecule has 0 aliphatic carbocycles. The van der Waals surface area contributed by atoms with Crippen molar-refractivity contribution >= 4 is 23.2 Å². The molecule has 0 spiro atoms. The first-order valence-electron chi connectivity index (χ1n) is 5.86. The van der Waals surface area contributed by atoms with Crippen molar-refractivity contribution in [3.05, 3.63) is 46.2 Å². The summed E-state index contributed by atoms with van der Waals surface area (Å²) in [5, 5.41) is 10.1. The van der Waals surface area contributed by atoms with Gasteiger partial charge in [0.2, 0.25) is 0 Å². The van der Waals surface area contributed by atoms with Crippen molar-refractivity contribution in [2.75, 3.05) is 5.73 Å². The summed E-state index contributed by atoms with van der Waals surface area (Å²) in [6.45, 7) is 3.65. The Labute approximate surface area is 116 Å². The highest BCUT2D eigenvalue weighted by atomic mass is 35.5. The topological polar surface area (TPSA) is 83.8 Å². The number of anilines is 1. The lowest BCUT2D eigenvalue weighted by molar-refractivity contribution is 0.0935. The Morgan fingerprint density at radius 3 is 2.58 bits per heavy atom. The number of rotatable bonds is 3. The van der Waals surface area contributed by atoms with Gasteiger partial charge in [0.05, 0.1) is 17.4 Å². The number of H-pyrrole nitrogens is 1. The number of aromatic nitrogens is 2. The molecule has 1 aromatic heterocycles. The summed E-state index contributed by atoms with van der Waals surface area (Å²) in [4.78, 5) is 12.0. The number of nitrogens with one attached hydrogen (secondary N) is 2. The minimum Gasteiger partial charge on any atom is -0.395 e. The van der Waals surface area contributed by atoms with E-state index in [0.29, 0.717) is 16.4 Å². The van der Waals surface area contributed by atoms with Gasteiger partial charge in [0.1, 0.15) is 0 Å². The highest BCUT2D eigenvalue weighted by Crippen LogP contribution is 2.18. The van der Waals surface area contributed by atoms with Crippen LogP contribution < -0.4 is 11.1 Å². The Kier molecular flexibility index (Phi) is 3.76.